The minimum atomic E-state index is -1.06. The lowest BCUT2D eigenvalue weighted by Gasteiger charge is -2.52. The van der Waals surface area contributed by atoms with Gasteiger partial charge in [-0.25, -0.2) is 9.59 Å². The summed E-state index contributed by atoms with van der Waals surface area (Å²) in [7, 11) is 0. The predicted molar refractivity (Wildman–Crippen MR) is 155 cm³/mol. The predicted octanol–water partition coefficient (Wildman–Crippen LogP) is 1.47. The van der Waals surface area contributed by atoms with E-state index in [2.05, 4.69) is 10.6 Å². The number of ether oxygens (including phenoxy) is 1. The van der Waals surface area contributed by atoms with E-state index in [9.17, 15) is 28.8 Å². The molecule has 1 spiro atoms. The van der Waals surface area contributed by atoms with Crippen LogP contribution in [0.4, 0.5) is 9.59 Å². The lowest BCUT2D eigenvalue weighted by molar-refractivity contribution is -0.161. The van der Waals surface area contributed by atoms with Crippen molar-refractivity contribution in [3.63, 3.8) is 0 Å². The SMILES string of the molecule is CCCN1C(=O)[C@H](CCCCNC(=O)OCc2ccccc2)NC(=O)C12CCN(C(=O)N1CCN(CC)C(=O)C1=O)CC2. The van der Waals surface area contributed by atoms with Gasteiger partial charge in [0.15, 0.2) is 0 Å². The number of unbranched alkanes of at least 4 members (excludes halogenated alkanes) is 1. The van der Waals surface area contributed by atoms with Gasteiger partial charge in [0.1, 0.15) is 18.2 Å². The van der Waals surface area contributed by atoms with Gasteiger partial charge in [0.2, 0.25) is 11.8 Å². The van der Waals surface area contributed by atoms with E-state index >= 15 is 0 Å². The van der Waals surface area contributed by atoms with Gasteiger partial charge in [0.25, 0.3) is 0 Å². The van der Waals surface area contributed by atoms with E-state index in [-0.39, 0.29) is 50.9 Å². The number of benzene rings is 1. The highest BCUT2D eigenvalue weighted by atomic mass is 16.5. The van der Waals surface area contributed by atoms with Crippen molar-refractivity contribution in [2.75, 3.05) is 45.8 Å². The number of piperazine rings is 2. The number of urea groups is 1. The third-order valence-electron chi connectivity index (χ3n) is 8.44. The minimum absolute atomic E-state index is 0.131. The zero-order chi connectivity index (χ0) is 31.0. The summed E-state index contributed by atoms with van der Waals surface area (Å²) in [6.07, 6.45) is 2.32. The normalized spacial score (nSPS) is 20.4. The zero-order valence-corrected chi connectivity index (χ0v) is 25.0. The van der Waals surface area contributed by atoms with E-state index in [1.807, 2.05) is 37.3 Å². The first-order chi connectivity index (χ1) is 20.7. The lowest BCUT2D eigenvalue weighted by atomic mass is 9.81. The van der Waals surface area contributed by atoms with Crippen molar-refractivity contribution in [3.05, 3.63) is 35.9 Å². The van der Waals surface area contributed by atoms with E-state index in [4.69, 9.17) is 4.74 Å². The summed E-state index contributed by atoms with van der Waals surface area (Å²) in [5, 5.41) is 5.64. The molecule has 13 heteroatoms. The number of piperidine rings is 1. The summed E-state index contributed by atoms with van der Waals surface area (Å²) in [5.74, 6) is -1.90. The van der Waals surface area contributed by atoms with Gasteiger partial charge in [-0.3, -0.25) is 24.1 Å². The largest absolute Gasteiger partial charge is 0.445 e. The van der Waals surface area contributed by atoms with Crippen LogP contribution in [0, 0.1) is 0 Å². The van der Waals surface area contributed by atoms with Crippen LogP contribution < -0.4 is 10.6 Å². The molecule has 3 aliphatic rings. The van der Waals surface area contributed by atoms with Gasteiger partial charge in [-0.1, -0.05) is 37.3 Å². The second-order valence-electron chi connectivity index (χ2n) is 11.1. The van der Waals surface area contributed by atoms with Gasteiger partial charge in [-0.15, -0.1) is 0 Å². The van der Waals surface area contributed by atoms with Crippen molar-refractivity contribution in [2.45, 2.75) is 70.6 Å². The number of likely N-dealkylation sites (tertiary alicyclic amines) is 1. The van der Waals surface area contributed by atoms with Crippen molar-refractivity contribution in [1.29, 1.82) is 0 Å². The fraction of sp³-hybridized carbons (Fsp3) is 0.600. The Kier molecular flexibility index (Phi) is 10.6. The quantitative estimate of drug-likeness (QED) is 0.306. The number of hydrogen-bond acceptors (Lipinski definition) is 7. The average Bonchev–Trinajstić information content (AvgIpc) is 3.02. The van der Waals surface area contributed by atoms with Crippen LogP contribution in [0.1, 0.15) is 57.9 Å². The third-order valence-corrected chi connectivity index (χ3v) is 8.44. The first-order valence-electron chi connectivity index (χ1n) is 15.2. The number of carbonyl (C=O) groups excluding carboxylic acids is 6. The molecule has 3 heterocycles. The Hall–Kier alpha value is -4.16. The summed E-state index contributed by atoms with van der Waals surface area (Å²) in [6.45, 7) is 5.91. The Balaban J connectivity index is 1.26. The van der Waals surface area contributed by atoms with E-state index in [1.165, 1.54) is 9.80 Å². The number of rotatable bonds is 10. The molecule has 13 nitrogen and oxygen atoms in total. The highest BCUT2D eigenvalue weighted by Crippen LogP contribution is 2.34. The van der Waals surface area contributed by atoms with Crippen LogP contribution in [0.25, 0.3) is 0 Å². The van der Waals surface area contributed by atoms with Gasteiger partial charge in [-0.05, 0) is 51.0 Å². The van der Waals surface area contributed by atoms with Gasteiger partial charge in [-0.2, -0.15) is 0 Å². The van der Waals surface area contributed by atoms with Crippen molar-refractivity contribution in [3.8, 4) is 0 Å². The van der Waals surface area contributed by atoms with E-state index in [0.717, 1.165) is 10.5 Å². The molecule has 0 bridgehead atoms. The molecule has 2 N–H and O–H groups in total. The second kappa shape index (κ2) is 14.3. The number of imide groups is 1. The summed E-state index contributed by atoms with van der Waals surface area (Å²) < 4.78 is 5.21. The number of likely N-dealkylation sites (N-methyl/N-ethyl adjacent to an activating group) is 1. The topological polar surface area (TPSA) is 149 Å². The van der Waals surface area contributed by atoms with Crippen molar-refractivity contribution in [1.82, 2.24) is 30.2 Å². The number of nitrogens with zero attached hydrogens (tertiary/aromatic N) is 4. The molecule has 0 saturated carbocycles. The standard InChI is InChI=1S/C30H42N6O7/c1-3-16-36-24(37)23(12-8-9-15-31-28(41)43-21-22-10-6-5-7-11-22)32-27(40)30(36)13-17-34(18-14-30)29(42)35-20-19-33(4-2)25(38)26(35)39/h5-7,10-11,23H,3-4,8-9,12-21H2,1-2H3,(H,31,41)(H,32,40)/t23-/m0/s1. The second-order valence-corrected chi connectivity index (χ2v) is 11.1. The van der Waals surface area contributed by atoms with Crippen LogP contribution in [0.2, 0.25) is 0 Å². The highest BCUT2D eigenvalue weighted by Gasteiger charge is 2.54. The molecule has 1 aromatic carbocycles. The van der Waals surface area contributed by atoms with Gasteiger partial charge in [0.05, 0.1) is 0 Å². The molecule has 7 amide bonds. The molecule has 3 fully saturated rings. The Labute approximate surface area is 251 Å². The molecule has 4 rings (SSSR count). The molecule has 43 heavy (non-hydrogen) atoms. The van der Waals surface area contributed by atoms with Crippen LogP contribution >= 0.6 is 0 Å². The van der Waals surface area contributed by atoms with Crippen LogP contribution in [0.3, 0.4) is 0 Å². The maximum absolute atomic E-state index is 13.6. The molecular formula is C30H42N6O7. The lowest BCUT2D eigenvalue weighted by Crippen LogP contribution is -2.73. The number of alkyl carbamates (subject to hydrolysis) is 1. The van der Waals surface area contributed by atoms with Crippen LogP contribution in [-0.4, -0.2) is 113 Å². The fourth-order valence-corrected chi connectivity index (χ4v) is 5.95. The molecule has 0 unspecified atom stereocenters. The summed E-state index contributed by atoms with van der Waals surface area (Å²) in [4.78, 5) is 82.6. The molecule has 0 aliphatic carbocycles. The minimum Gasteiger partial charge on any atom is -0.445 e. The fourth-order valence-electron chi connectivity index (χ4n) is 5.95. The smallest absolute Gasteiger partial charge is 0.407 e. The molecule has 3 saturated heterocycles. The highest BCUT2D eigenvalue weighted by molar-refractivity contribution is 6.38. The summed E-state index contributed by atoms with van der Waals surface area (Å²) in [5.41, 5.74) is -0.168. The van der Waals surface area contributed by atoms with Crippen LogP contribution in [-0.2, 0) is 30.5 Å². The van der Waals surface area contributed by atoms with Gasteiger partial charge < -0.3 is 30.1 Å². The molecule has 3 aliphatic heterocycles. The van der Waals surface area contributed by atoms with Gasteiger partial charge in [0, 0.05) is 45.8 Å². The molecule has 1 aromatic rings. The first-order valence-corrected chi connectivity index (χ1v) is 15.2. The monoisotopic (exact) mass is 598 g/mol. The zero-order valence-electron chi connectivity index (χ0n) is 25.0. The van der Waals surface area contributed by atoms with Crippen molar-refractivity contribution >= 4 is 35.8 Å². The van der Waals surface area contributed by atoms with Crippen molar-refractivity contribution < 1.29 is 33.5 Å². The average molecular weight is 599 g/mol. The number of hydrogen-bond donors (Lipinski definition) is 2. The number of amides is 7. The number of nitrogens with one attached hydrogen (secondary N) is 2. The Bertz CT molecular complexity index is 1200. The Morgan fingerprint density at radius 2 is 1.70 bits per heavy atom. The van der Waals surface area contributed by atoms with E-state index in [0.29, 0.717) is 51.9 Å². The Morgan fingerprint density at radius 1 is 0.977 bits per heavy atom. The number of carbonyl (C=O) groups is 6. The van der Waals surface area contributed by atoms with Gasteiger partial charge >= 0.3 is 23.9 Å². The first kappa shape index (κ1) is 31.8. The molecule has 0 aromatic heterocycles. The molecule has 0 radical (unpaired) electrons. The maximum atomic E-state index is 13.6. The molecule has 234 valence electrons. The van der Waals surface area contributed by atoms with E-state index in [1.54, 1.807) is 11.8 Å². The molecule has 1 atom stereocenters. The molecular weight excluding hydrogens is 556 g/mol. The third kappa shape index (κ3) is 7.08. The Morgan fingerprint density at radius 3 is 2.37 bits per heavy atom. The van der Waals surface area contributed by atoms with Crippen LogP contribution in [0.5, 0.6) is 0 Å². The van der Waals surface area contributed by atoms with E-state index < -0.39 is 35.5 Å². The van der Waals surface area contributed by atoms with Crippen LogP contribution in [0.15, 0.2) is 30.3 Å². The van der Waals surface area contributed by atoms with Crippen molar-refractivity contribution in [2.24, 2.45) is 0 Å². The maximum Gasteiger partial charge on any atom is 0.407 e. The summed E-state index contributed by atoms with van der Waals surface area (Å²) in [6, 6.07) is 8.19. The summed E-state index contributed by atoms with van der Waals surface area (Å²) >= 11 is 0.